The van der Waals surface area contributed by atoms with Gasteiger partial charge in [-0.2, -0.15) is 0 Å². The number of nitrogens with zero attached hydrogens (tertiary/aromatic N) is 1. The molecule has 3 amide bonds. The maximum absolute atomic E-state index is 12.5. The molecule has 0 aromatic heterocycles. The molecule has 0 aromatic carbocycles. The lowest BCUT2D eigenvalue weighted by atomic mass is 10.0. The Morgan fingerprint density at radius 2 is 0.904 bits per heavy atom. The highest BCUT2D eigenvalue weighted by Gasteiger charge is 2.40. The lowest BCUT2D eigenvalue weighted by Crippen LogP contribution is -2.50. The second kappa shape index (κ2) is 35.2. The third-order valence-electron chi connectivity index (χ3n) is 15.2. The third kappa shape index (κ3) is 32.2. The number of rotatable bonds is 24. The summed E-state index contributed by atoms with van der Waals surface area (Å²) in [6.45, 7) is 44.0. The van der Waals surface area contributed by atoms with Crippen LogP contribution in [0.25, 0.3) is 0 Å². The normalized spacial score (nSPS) is 19.1. The lowest BCUT2D eigenvalue weighted by Gasteiger charge is -2.41. The summed E-state index contributed by atoms with van der Waals surface area (Å²) < 4.78 is 30.0. The Morgan fingerprint density at radius 3 is 1.26 bits per heavy atom. The van der Waals surface area contributed by atoms with Gasteiger partial charge >= 0.3 is 11.9 Å². The highest BCUT2D eigenvalue weighted by molar-refractivity contribution is 14.1. The third-order valence-corrected chi connectivity index (χ3v) is 29.5. The fourth-order valence-electron chi connectivity index (χ4n) is 7.32. The molecular weight excluding hydrogens is 1090 g/mol. The molecule has 0 unspecified atom stereocenters. The summed E-state index contributed by atoms with van der Waals surface area (Å²) in [4.78, 5) is 59.6. The minimum atomic E-state index is -1.79. The van der Waals surface area contributed by atoms with Crippen LogP contribution in [-0.4, -0.2) is 121 Å². The Balaban J connectivity index is 0.000000996. The van der Waals surface area contributed by atoms with Crippen molar-refractivity contribution >= 4 is 77.2 Å². The van der Waals surface area contributed by atoms with Crippen LogP contribution in [0.15, 0.2) is 0 Å². The van der Waals surface area contributed by atoms with Gasteiger partial charge < -0.3 is 38.3 Å². The lowest BCUT2D eigenvalue weighted by molar-refractivity contribution is -0.148. The van der Waals surface area contributed by atoms with Gasteiger partial charge in [0, 0.05) is 38.6 Å². The predicted molar refractivity (Wildman–Crippen MR) is 318 cm³/mol. The molecule has 3 heterocycles. The summed E-state index contributed by atoms with van der Waals surface area (Å²) in [6.07, 6.45) is 17.7. The minimum absolute atomic E-state index is 0.0295. The van der Waals surface area contributed by atoms with Crippen molar-refractivity contribution < 1.29 is 46.7 Å². The van der Waals surface area contributed by atoms with E-state index in [-0.39, 0.29) is 75.1 Å². The number of ether oxygens (including phenoxy) is 2. The van der Waals surface area contributed by atoms with Crippen LogP contribution in [0.4, 0.5) is 0 Å². The molecule has 0 spiro atoms. The number of nitrogens with one attached hydrogen (secondary N) is 2. The summed E-state index contributed by atoms with van der Waals surface area (Å²) in [7, 11) is -5.12. The van der Waals surface area contributed by atoms with Crippen LogP contribution in [0, 0.1) is 0 Å². The Hall–Kier alpha value is -1.39. The fourth-order valence-corrected chi connectivity index (χ4v) is 11.0. The van der Waals surface area contributed by atoms with Gasteiger partial charge in [0.25, 0.3) is 0 Å². The van der Waals surface area contributed by atoms with Crippen LogP contribution in [0.3, 0.4) is 0 Å². The molecule has 73 heavy (non-hydrogen) atoms. The number of esters is 2. The van der Waals surface area contributed by atoms with Crippen LogP contribution >= 0.6 is 22.6 Å². The first kappa shape index (κ1) is 71.6. The molecule has 0 radical (unpaired) electrons. The Labute approximate surface area is 464 Å². The van der Waals surface area contributed by atoms with E-state index in [4.69, 9.17) is 22.8 Å². The Morgan fingerprint density at radius 1 is 0.548 bits per heavy atom. The first-order valence-corrected chi connectivity index (χ1v) is 38.5. The van der Waals surface area contributed by atoms with Gasteiger partial charge in [-0.3, -0.25) is 24.0 Å². The predicted octanol–water partition coefficient (Wildman–Crippen LogP) is 14.0. The molecule has 17 heteroatoms. The van der Waals surface area contributed by atoms with Gasteiger partial charge in [0.2, 0.25) is 17.7 Å². The molecule has 3 fully saturated rings. The van der Waals surface area contributed by atoms with Gasteiger partial charge in [-0.05, 0) is 151 Å². The monoisotopic (exact) mass is 1200 g/mol. The SMILES string of the molecule is CC(C)(C)[Si](C)(C)OC[C@H]1CCCC(=O)N1.CC(C)(C)[Si](C)(C)OC[C@H]1CCCC(=O)N1.CC(C)OC(=O)CCCCCCI.CC(C)OC(=O)CCCCCCN1C(=O)CCC[C@@H]1CO[Si](C)(C)C(C)(C)C. The Kier molecular flexibility index (Phi) is 34.5. The minimum Gasteiger partial charge on any atom is -0.463 e. The number of unbranched alkanes of at least 4 members (excludes halogenated alkanes) is 6. The molecule has 3 rings (SSSR count). The van der Waals surface area contributed by atoms with Gasteiger partial charge in [-0.1, -0.05) is 111 Å². The number of halogens is 1. The van der Waals surface area contributed by atoms with E-state index in [0.717, 1.165) is 83.6 Å². The quantitative estimate of drug-likeness (QED) is 0.0313. The molecule has 0 bridgehead atoms. The van der Waals surface area contributed by atoms with Crippen LogP contribution in [0.5, 0.6) is 0 Å². The van der Waals surface area contributed by atoms with Crippen molar-refractivity contribution in [2.75, 3.05) is 30.8 Å². The maximum Gasteiger partial charge on any atom is 0.306 e. The average molecular weight is 1200 g/mol. The standard InChI is InChI=1S/C22H43NO4Si.2C12H25NO2Si.C10H19IO2/c1-18(2)27-21(25)15-10-8-9-11-16-23-19(13-12-14-20(23)24)17-26-28(6,7)22(3,4)5;2*1-12(2,3)16(4,5)15-9-10-7-6-8-11(14)13-10;1-9(2)13-10(12)7-5-3-4-6-8-11/h18-19H,8-17H2,1-7H3;2*10H,6-9H2,1-5H3,(H,13,14);9H,3-8H2,1-2H3/t19-;2*10-;/m111./s1. The number of piperidine rings is 3. The van der Waals surface area contributed by atoms with E-state index in [1.165, 1.54) is 17.3 Å². The number of likely N-dealkylation sites (tertiary alicyclic amines) is 1. The molecule has 3 aliphatic heterocycles. The van der Waals surface area contributed by atoms with E-state index in [0.29, 0.717) is 51.9 Å². The van der Waals surface area contributed by atoms with Crippen LogP contribution in [0.2, 0.25) is 54.4 Å². The second-order valence-electron chi connectivity index (χ2n) is 25.8. The van der Waals surface area contributed by atoms with Gasteiger partial charge in [0.1, 0.15) is 0 Å². The summed E-state index contributed by atoms with van der Waals surface area (Å²) in [5.41, 5.74) is 0. The molecule has 0 aromatic rings. The number of hydrogen-bond donors (Lipinski definition) is 2. The summed E-state index contributed by atoms with van der Waals surface area (Å²) >= 11 is 2.38. The highest BCUT2D eigenvalue weighted by atomic mass is 127. The van der Waals surface area contributed by atoms with E-state index < -0.39 is 25.0 Å². The number of amides is 3. The molecular formula is C56H112IN3O10Si3. The number of hydrogen-bond acceptors (Lipinski definition) is 10. The van der Waals surface area contributed by atoms with Crippen molar-refractivity contribution in [1.29, 1.82) is 0 Å². The maximum atomic E-state index is 12.5. The summed E-state index contributed by atoms with van der Waals surface area (Å²) in [5.74, 6) is 0.467. The zero-order valence-electron chi connectivity index (χ0n) is 50.3. The van der Waals surface area contributed by atoms with Crippen molar-refractivity contribution in [2.24, 2.45) is 0 Å². The van der Waals surface area contributed by atoms with Crippen molar-refractivity contribution in [3.05, 3.63) is 0 Å². The zero-order valence-corrected chi connectivity index (χ0v) is 55.4. The summed E-state index contributed by atoms with van der Waals surface area (Å²) in [5, 5.41) is 6.67. The molecule has 430 valence electrons. The highest BCUT2D eigenvalue weighted by Crippen LogP contribution is 2.39. The zero-order chi connectivity index (χ0) is 56.3. The molecule has 3 saturated heterocycles. The van der Waals surface area contributed by atoms with E-state index in [9.17, 15) is 24.0 Å². The van der Waals surface area contributed by atoms with Gasteiger partial charge in [0.15, 0.2) is 25.0 Å². The first-order chi connectivity index (χ1) is 33.5. The van der Waals surface area contributed by atoms with E-state index in [2.05, 4.69) is 140 Å². The molecule has 0 saturated carbocycles. The van der Waals surface area contributed by atoms with Crippen LogP contribution in [0.1, 0.15) is 212 Å². The largest absolute Gasteiger partial charge is 0.463 e. The van der Waals surface area contributed by atoms with Crippen LogP contribution in [-0.2, 0) is 46.7 Å². The fraction of sp³-hybridized carbons (Fsp3) is 0.911. The van der Waals surface area contributed by atoms with Gasteiger partial charge in [0.05, 0.1) is 50.2 Å². The van der Waals surface area contributed by atoms with Crippen molar-refractivity contribution in [3.8, 4) is 0 Å². The summed E-state index contributed by atoms with van der Waals surface area (Å²) in [6, 6.07) is 0.683. The molecule has 3 aliphatic rings. The van der Waals surface area contributed by atoms with Crippen molar-refractivity contribution in [1.82, 2.24) is 15.5 Å². The smallest absolute Gasteiger partial charge is 0.306 e. The van der Waals surface area contributed by atoms with Gasteiger partial charge in [-0.15, -0.1) is 0 Å². The molecule has 2 N–H and O–H groups in total. The van der Waals surface area contributed by atoms with Gasteiger partial charge in [-0.25, -0.2) is 0 Å². The second-order valence-corrected chi connectivity index (χ2v) is 41.3. The number of carbonyl (C=O) groups is 5. The topological polar surface area (TPSA) is 159 Å². The van der Waals surface area contributed by atoms with Crippen molar-refractivity contribution in [2.45, 2.75) is 297 Å². The molecule has 3 atom stereocenters. The van der Waals surface area contributed by atoms with Crippen LogP contribution < -0.4 is 10.6 Å². The van der Waals surface area contributed by atoms with Crippen molar-refractivity contribution in [3.63, 3.8) is 0 Å². The molecule has 0 aliphatic carbocycles. The molecule has 13 nitrogen and oxygen atoms in total. The van der Waals surface area contributed by atoms with E-state index in [1.54, 1.807) is 0 Å². The van der Waals surface area contributed by atoms with E-state index >= 15 is 0 Å². The first-order valence-electron chi connectivity index (χ1n) is 28.3. The number of carbonyl (C=O) groups excluding carboxylic acids is 5. The number of alkyl halides is 1. The van der Waals surface area contributed by atoms with E-state index in [1.807, 2.05) is 27.7 Å². The average Bonchev–Trinajstić information content (AvgIpc) is 3.25. The Bertz CT molecular complexity index is 1540.